The zero-order valence-corrected chi connectivity index (χ0v) is 6.06. The molecular weight excluding hydrogens is 156 g/mol. The van der Waals surface area contributed by atoms with Gasteiger partial charge >= 0.3 is 6.61 Å². The van der Waals surface area contributed by atoms with Gasteiger partial charge in [0.25, 0.3) is 0 Å². The van der Waals surface area contributed by atoms with Crippen LogP contribution in [0.2, 0.25) is 0 Å². The molecule has 0 bridgehead atoms. The van der Waals surface area contributed by atoms with Crippen LogP contribution in [0.1, 0.15) is 0 Å². The van der Waals surface area contributed by atoms with Gasteiger partial charge in [-0.25, -0.2) is 0 Å². The molecule has 0 aromatic carbocycles. The van der Waals surface area contributed by atoms with Crippen molar-refractivity contribution in [3.63, 3.8) is 0 Å². The first-order valence-electron chi connectivity index (χ1n) is 3.50. The molecule has 1 N–H and O–H groups in total. The number of ether oxygens (including phenoxy) is 2. The van der Waals surface area contributed by atoms with E-state index < -0.39 is 6.61 Å². The Balaban J connectivity index is 2.05. The van der Waals surface area contributed by atoms with Gasteiger partial charge in [-0.3, -0.25) is 0 Å². The van der Waals surface area contributed by atoms with Gasteiger partial charge in [-0.1, -0.05) is 0 Å². The zero-order chi connectivity index (χ0) is 8.10. The van der Waals surface area contributed by atoms with Crippen LogP contribution in [0.25, 0.3) is 0 Å². The van der Waals surface area contributed by atoms with Crippen molar-refractivity contribution in [1.82, 2.24) is 5.32 Å². The third-order valence-corrected chi connectivity index (χ3v) is 1.42. The maximum atomic E-state index is 11.5. The van der Waals surface area contributed by atoms with Crippen LogP contribution in [0.3, 0.4) is 0 Å². The molecule has 1 aliphatic rings. The topological polar surface area (TPSA) is 30.5 Å². The fourth-order valence-electron chi connectivity index (χ4n) is 0.916. The number of nitrogens with one attached hydrogen (secondary N) is 1. The molecule has 5 heteroatoms. The minimum Gasteiger partial charge on any atom is -0.378 e. The summed E-state index contributed by atoms with van der Waals surface area (Å²) in [5.41, 5.74) is 0. The van der Waals surface area contributed by atoms with Crippen LogP contribution < -0.4 is 5.32 Å². The lowest BCUT2D eigenvalue weighted by Gasteiger charge is -2.23. The van der Waals surface area contributed by atoms with Crippen molar-refractivity contribution in [3.8, 4) is 0 Å². The largest absolute Gasteiger partial charge is 0.378 e. The smallest absolute Gasteiger partial charge is 0.345 e. The van der Waals surface area contributed by atoms with Crippen molar-refractivity contribution in [1.29, 1.82) is 0 Å². The lowest BCUT2D eigenvalue weighted by atomic mass is 10.3. The minimum atomic E-state index is -2.68. The minimum absolute atomic E-state index is 0.0116. The van der Waals surface area contributed by atoms with Gasteiger partial charge in [0.05, 0.1) is 25.9 Å². The summed E-state index contributed by atoms with van der Waals surface area (Å²) in [7, 11) is 0. The van der Waals surface area contributed by atoms with Crippen molar-refractivity contribution < 1.29 is 18.3 Å². The SMILES string of the molecule is FC(F)OCC1COCCN1. The van der Waals surface area contributed by atoms with Crippen molar-refractivity contribution in [2.75, 3.05) is 26.4 Å². The van der Waals surface area contributed by atoms with E-state index in [4.69, 9.17) is 4.74 Å². The van der Waals surface area contributed by atoms with Crippen LogP contribution >= 0.6 is 0 Å². The quantitative estimate of drug-likeness (QED) is 0.652. The average Bonchev–Trinajstić information content (AvgIpc) is 2.03. The number of morpholine rings is 1. The van der Waals surface area contributed by atoms with E-state index in [-0.39, 0.29) is 12.6 Å². The maximum Gasteiger partial charge on any atom is 0.345 e. The summed E-state index contributed by atoms with van der Waals surface area (Å²) in [6.07, 6.45) is 0. The monoisotopic (exact) mass is 167 g/mol. The molecule has 0 aliphatic carbocycles. The molecule has 11 heavy (non-hydrogen) atoms. The second kappa shape index (κ2) is 4.58. The van der Waals surface area contributed by atoms with Gasteiger partial charge in [0, 0.05) is 6.54 Å². The van der Waals surface area contributed by atoms with Gasteiger partial charge in [0.2, 0.25) is 0 Å². The van der Waals surface area contributed by atoms with Crippen LogP contribution in [0, 0.1) is 0 Å². The van der Waals surface area contributed by atoms with Crippen molar-refractivity contribution >= 4 is 0 Å². The average molecular weight is 167 g/mol. The lowest BCUT2D eigenvalue weighted by molar-refractivity contribution is -0.139. The molecule has 1 fully saturated rings. The molecule has 1 unspecified atom stereocenters. The number of rotatable bonds is 3. The zero-order valence-electron chi connectivity index (χ0n) is 6.06. The van der Waals surface area contributed by atoms with Crippen LogP contribution in [0.5, 0.6) is 0 Å². The first-order valence-corrected chi connectivity index (χ1v) is 3.50. The number of alkyl halides is 2. The van der Waals surface area contributed by atoms with Gasteiger partial charge < -0.3 is 14.8 Å². The molecule has 0 aromatic heterocycles. The first kappa shape index (κ1) is 8.83. The van der Waals surface area contributed by atoms with Gasteiger partial charge in [0.15, 0.2) is 0 Å². The van der Waals surface area contributed by atoms with Crippen molar-refractivity contribution in [3.05, 3.63) is 0 Å². The maximum absolute atomic E-state index is 11.5. The molecule has 1 aliphatic heterocycles. The number of halogens is 2. The molecule has 0 aromatic rings. The van der Waals surface area contributed by atoms with E-state index in [9.17, 15) is 8.78 Å². The summed E-state index contributed by atoms with van der Waals surface area (Å²) >= 11 is 0. The van der Waals surface area contributed by atoms with Crippen LogP contribution in [-0.4, -0.2) is 39.0 Å². The standard InChI is InChI=1S/C6H11F2NO2/c7-6(8)11-4-5-3-10-2-1-9-5/h5-6,9H,1-4H2. The van der Waals surface area contributed by atoms with E-state index in [1.54, 1.807) is 0 Å². The Morgan fingerprint density at radius 1 is 1.64 bits per heavy atom. The third kappa shape index (κ3) is 3.60. The molecule has 1 saturated heterocycles. The highest BCUT2D eigenvalue weighted by Gasteiger charge is 2.14. The highest BCUT2D eigenvalue weighted by molar-refractivity contribution is 4.68. The fourth-order valence-corrected chi connectivity index (χ4v) is 0.916. The Labute approximate surface area is 63.7 Å². The third-order valence-electron chi connectivity index (χ3n) is 1.42. The predicted octanol–water partition coefficient (Wildman–Crippen LogP) is 0.214. The molecule has 1 rings (SSSR count). The lowest BCUT2D eigenvalue weighted by Crippen LogP contribution is -2.44. The molecule has 66 valence electrons. The second-order valence-corrected chi connectivity index (χ2v) is 2.32. The van der Waals surface area contributed by atoms with E-state index in [0.29, 0.717) is 19.8 Å². The van der Waals surface area contributed by atoms with E-state index in [1.165, 1.54) is 0 Å². The summed E-state index contributed by atoms with van der Waals surface area (Å²) in [4.78, 5) is 0. The molecular formula is C6H11F2NO2. The molecule has 0 amide bonds. The van der Waals surface area contributed by atoms with Crippen LogP contribution in [0.4, 0.5) is 8.78 Å². The number of hydrogen-bond acceptors (Lipinski definition) is 3. The predicted molar refractivity (Wildman–Crippen MR) is 34.6 cm³/mol. The van der Waals surface area contributed by atoms with Crippen molar-refractivity contribution in [2.45, 2.75) is 12.7 Å². The van der Waals surface area contributed by atoms with Crippen LogP contribution in [0.15, 0.2) is 0 Å². The Morgan fingerprint density at radius 2 is 2.45 bits per heavy atom. The van der Waals surface area contributed by atoms with E-state index >= 15 is 0 Å². The summed E-state index contributed by atoms with van der Waals surface area (Å²) in [6.45, 7) is -0.869. The molecule has 0 radical (unpaired) electrons. The van der Waals surface area contributed by atoms with Gasteiger partial charge in [-0.2, -0.15) is 8.78 Å². The van der Waals surface area contributed by atoms with Crippen LogP contribution in [-0.2, 0) is 9.47 Å². The van der Waals surface area contributed by atoms with Gasteiger partial charge in [-0.05, 0) is 0 Å². The van der Waals surface area contributed by atoms with E-state index in [0.717, 1.165) is 0 Å². The van der Waals surface area contributed by atoms with Gasteiger partial charge in [-0.15, -0.1) is 0 Å². The fraction of sp³-hybridized carbons (Fsp3) is 1.00. The highest BCUT2D eigenvalue weighted by atomic mass is 19.3. The van der Waals surface area contributed by atoms with E-state index in [1.807, 2.05) is 0 Å². The van der Waals surface area contributed by atoms with Gasteiger partial charge in [0.1, 0.15) is 0 Å². The highest BCUT2D eigenvalue weighted by Crippen LogP contribution is 1.99. The molecule has 0 spiro atoms. The summed E-state index contributed by atoms with van der Waals surface area (Å²) in [5.74, 6) is 0. The molecule has 3 nitrogen and oxygen atoms in total. The van der Waals surface area contributed by atoms with Crippen molar-refractivity contribution in [2.24, 2.45) is 0 Å². The normalized spacial score (nSPS) is 25.9. The Kier molecular flexibility index (Phi) is 3.68. The molecule has 1 heterocycles. The Bertz CT molecular complexity index is 107. The first-order chi connectivity index (χ1) is 5.29. The summed E-state index contributed by atoms with van der Waals surface area (Å²) < 4.78 is 32.1. The summed E-state index contributed by atoms with van der Waals surface area (Å²) in [5, 5.41) is 2.99. The Hall–Kier alpha value is -0.260. The molecule has 0 saturated carbocycles. The Morgan fingerprint density at radius 3 is 3.00 bits per heavy atom. The second-order valence-electron chi connectivity index (χ2n) is 2.32. The molecule has 1 atom stereocenters. The number of hydrogen-bond donors (Lipinski definition) is 1. The summed E-state index contributed by atoms with van der Waals surface area (Å²) in [6, 6.07) is -0.0854. The van der Waals surface area contributed by atoms with E-state index in [2.05, 4.69) is 10.1 Å².